The maximum absolute atomic E-state index is 14.0. The van der Waals surface area contributed by atoms with Crippen molar-refractivity contribution in [1.29, 1.82) is 0 Å². The molecule has 4 aliphatic carbocycles. The van der Waals surface area contributed by atoms with Crippen molar-refractivity contribution in [3.05, 3.63) is 11.6 Å². The number of carbonyl (C=O) groups excluding carboxylic acids is 1. The summed E-state index contributed by atoms with van der Waals surface area (Å²) in [7, 11) is 0. The van der Waals surface area contributed by atoms with E-state index in [1.54, 1.807) is 0 Å². The monoisotopic (exact) mass is 398 g/mol. The molecular weight excluding hydrogens is 352 g/mol. The average molecular weight is 399 g/mol. The van der Waals surface area contributed by atoms with Gasteiger partial charge in [0, 0.05) is 5.92 Å². The molecule has 0 bridgehead atoms. The van der Waals surface area contributed by atoms with E-state index in [1.807, 2.05) is 0 Å². The Hall–Kier alpha value is -0.590. The molecular formula is C28H46O. The summed E-state index contributed by atoms with van der Waals surface area (Å²) >= 11 is 0. The molecule has 1 nitrogen and oxygen atoms in total. The Morgan fingerprint density at radius 1 is 0.897 bits per heavy atom. The van der Waals surface area contributed by atoms with Gasteiger partial charge in [0.2, 0.25) is 0 Å². The topological polar surface area (TPSA) is 17.1 Å². The number of hydrogen-bond acceptors (Lipinski definition) is 1. The zero-order valence-corrected chi connectivity index (χ0v) is 20.6. The van der Waals surface area contributed by atoms with Crippen LogP contribution in [0.3, 0.4) is 0 Å². The fourth-order valence-electron chi connectivity index (χ4n) is 9.42. The molecule has 0 radical (unpaired) electrons. The fraction of sp³-hybridized carbons (Fsp3) is 0.893. The molecule has 1 heteroatoms. The third-order valence-corrected chi connectivity index (χ3v) is 11.2. The predicted octanol–water partition coefficient (Wildman–Crippen LogP) is 7.99. The highest BCUT2D eigenvalue weighted by molar-refractivity contribution is 5.95. The smallest absolute Gasteiger partial charge is 0.159 e. The van der Waals surface area contributed by atoms with E-state index in [4.69, 9.17) is 0 Å². The Labute approximate surface area is 180 Å². The summed E-state index contributed by atoms with van der Waals surface area (Å²) in [5.74, 6) is 1.96. The molecule has 0 heterocycles. The summed E-state index contributed by atoms with van der Waals surface area (Å²) in [4.78, 5) is 14.0. The second kappa shape index (κ2) is 6.46. The Balaban J connectivity index is 1.86. The van der Waals surface area contributed by atoms with E-state index in [9.17, 15) is 4.79 Å². The van der Waals surface area contributed by atoms with Crippen LogP contribution in [0.2, 0.25) is 0 Å². The van der Waals surface area contributed by atoms with Gasteiger partial charge in [-0.25, -0.2) is 0 Å². The molecule has 0 aliphatic heterocycles. The highest BCUT2D eigenvalue weighted by atomic mass is 16.1. The summed E-state index contributed by atoms with van der Waals surface area (Å²) in [5.41, 5.74) is 2.71. The van der Waals surface area contributed by atoms with Crippen molar-refractivity contribution in [2.45, 2.75) is 113 Å². The van der Waals surface area contributed by atoms with E-state index in [0.29, 0.717) is 28.4 Å². The third kappa shape index (κ3) is 2.74. The highest BCUT2D eigenvalue weighted by Gasteiger charge is 2.68. The van der Waals surface area contributed by atoms with Crippen LogP contribution in [0.15, 0.2) is 11.6 Å². The standard InChI is InChI=1S/C28H46O/c1-9-11-19-20-18-21(29)23-26(6)14-10-13-25(4,5)22(26)12-15-28(23,8)27(20,7)17-16-24(19,2)3/h18-19,22-23H,9-17H2,1-8H3. The zero-order valence-electron chi connectivity index (χ0n) is 20.6. The van der Waals surface area contributed by atoms with Gasteiger partial charge in [0.05, 0.1) is 0 Å². The van der Waals surface area contributed by atoms with Gasteiger partial charge in [-0.1, -0.05) is 73.8 Å². The lowest BCUT2D eigenvalue weighted by Crippen LogP contribution is -2.64. The maximum atomic E-state index is 14.0. The molecule has 0 aromatic carbocycles. The van der Waals surface area contributed by atoms with Gasteiger partial charge < -0.3 is 0 Å². The van der Waals surface area contributed by atoms with E-state index in [0.717, 1.165) is 0 Å². The van der Waals surface area contributed by atoms with Crippen LogP contribution in [0.5, 0.6) is 0 Å². The van der Waals surface area contributed by atoms with Crippen LogP contribution < -0.4 is 0 Å². The van der Waals surface area contributed by atoms with Crippen LogP contribution in [0.1, 0.15) is 113 Å². The molecule has 29 heavy (non-hydrogen) atoms. The lowest BCUT2D eigenvalue weighted by Gasteiger charge is -2.69. The van der Waals surface area contributed by atoms with Crippen molar-refractivity contribution in [3.8, 4) is 0 Å². The summed E-state index contributed by atoms with van der Waals surface area (Å²) in [6, 6.07) is 0. The van der Waals surface area contributed by atoms with E-state index in [1.165, 1.54) is 63.4 Å². The van der Waals surface area contributed by atoms with Gasteiger partial charge in [-0.05, 0) is 89.9 Å². The van der Waals surface area contributed by atoms with Crippen LogP contribution in [0.25, 0.3) is 0 Å². The normalized spacial score (nSPS) is 48.2. The molecule has 0 spiro atoms. The van der Waals surface area contributed by atoms with Crippen LogP contribution in [0, 0.1) is 44.8 Å². The SMILES string of the molecule is CCCC1C2=CC(=O)C3C4(C)CCCC(C)(C)C4CCC3(C)C2(C)CCC1(C)C. The molecule has 0 aromatic heterocycles. The fourth-order valence-corrected chi connectivity index (χ4v) is 9.42. The first-order valence-corrected chi connectivity index (χ1v) is 12.6. The molecule has 164 valence electrons. The number of allylic oxidation sites excluding steroid dienone is 2. The molecule has 3 saturated carbocycles. The minimum absolute atomic E-state index is 0.120. The summed E-state index contributed by atoms with van der Waals surface area (Å²) in [6.45, 7) is 19.8. The molecule has 0 amide bonds. The molecule has 4 rings (SSSR count). The van der Waals surface area contributed by atoms with E-state index in [2.05, 4.69) is 61.5 Å². The minimum Gasteiger partial charge on any atom is -0.295 e. The van der Waals surface area contributed by atoms with Crippen molar-refractivity contribution in [3.63, 3.8) is 0 Å². The van der Waals surface area contributed by atoms with Gasteiger partial charge in [-0.2, -0.15) is 0 Å². The van der Waals surface area contributed by atoms with Crippen molar-refractivity contribution in [1.82, 2.24) is 0 Å². The first kappa shape index (κ1) is 21.6. The quantitative estimate of drug-likeness (QED) is 0.460. The third-order valence-electron chi connectivity index (χ3n) is 11.2. The van der Waals surface area contributed by atoms with Crippen molar-refractivity contribution in [2.75, 3.05) is 0 Å². The second-order valence-corrected chi connectivity index (χ2v) is 13.5. The molecule has 3 fully saturated rings. The van der Waals surface area contributed by atoms with Crippen LogP contribution >= 0.6 is 0 Å². The van der Waals surface area contributed by atoms with Gasteiger partial charge in [0.15, 0.2) is 5.78 Å². The molecule has 4 aliphatic rings. The largest absolute Gasteiger partial charge is 0.295 e. The van der Waals surface area contributed by atoms with Gasteiger partial charge in [0.25, 0.3) is 0 Å². The molecule has 0 aromatic rings. The first-order valence-electron chi connectivity index (χ1n) is 12.6. The Morgan fingerprint density at radius 2 is 1.59 bits per heavy atom. The minimum atomic E-state index is 0.120. The molecule has 6 unspecified atom stereocenters. The average Bonchev–Trinajstić information content (AvgIpc) is 2.59. The lowest BCUT2D eigenvalue weighted by atomic mass is 9.34. The van der Waals surface area contributed by atoms with Gasteiger partial charge in [0.1, 0.15) is 0 Å². The van der Waals surface area contributed by atoms with Crippen molar-refractivity contribution >= 4 is 5.78 Å². The summed E-state index contributed by atoms with van der Waals surface area (Å²) in [5, 5.41) is 0. The molecule has 0 saturated heterocycles. The van der Waals surface area contributed by atoms with E-state index in [-0.39, 0.29) is 22.2 Å². The zero-order chi connectivity index (χ0) is 21.5. The number of rotatable bonds is 2. The number of ketones is 1. The van der Waals surface area contributed by atoms with Crippen LogP contribution in [-0.2, 0) is 4.79 Å². The maximum Gasteiger partial charge on any atom is 0.159 e. The number of hydrogen-bond donors (Lipinski definition) is 0. The lowest BCUT2D eigenvalue weighted by molar-refractivity contribution is -0.182. The molecule has 6 atom stereocenters. The van der Waals surface area contributed by atoms with Crippen molar-refractivity contribution < 1.29 is 4.79 Å². The van der Waals surface area contributed by atoms with Gasteiger partial charge >= 0.3 is 0 Å². The Kier molecular flexibility index (Phi) is 4.82. The van der Waals surface area contributed by atoms with Gasteiger partial charge in [-0.15, -0.1) is 0 Å². The van der Waals surface area contributed by atoms with Crippen LogP contribution in [-0.4, -0.2) is 5.78 Å². The summed E-state index contributed by atoms with van der Waals surface area (Å²) < 4.78 is 0. The Morgan fingerprint density at radius 3 is 2.24 bits per heavy atom. The Bertz CT molecular complexity index is 727. The second-order valence-electron chi connectivity index (χ2n) is 13.5. The van der Waals surface area contributed by atoms with E-state index >= 15 is 0 Å². The predicted molar refractivity (Wildman–Crippen MR) is 123 cm³/mol. The van der Waals surface area contributed by atoms with Crippen LogP contribution in [0.4, 0.5) is 0 Å². The number of carbonyl (C=O) groups is 1. The van der Waals surface area contributed by atoms with Crippen molar-refractivity contribution in [2.24, 2.45) is 44.8 Å². The molecule has 0 N–H and O–H groups in total. The number of fused-ring (bicyclic) bond motifs is 5. The van der Waals surface area contributed by atoms with E-state index < -0.39 is 0 Å². The van der Waals surface area contributed by atoms with Gasteiger partial charge in [-0.3, -0.25) is 4.79 Å². The highest BCUT2D eigenvalue weighted by Crippen LogP contribution is 2.73. The first-order chi connectivity index (χ1) is 13.3. The summed E-state index contributed by atoms with van der Waals surface area (Å²) in [6.07, 6.45) is 13.6.